The normalized spacial score (nSPS) is 10.7. The number of hydrogen-bond acceptors (Lipinski definition) is 5. The number of phenolic OH excluding ortho intramolecular Hbond substituents is 1. The van der Waals surface area contributed by atoms with Gasteiger partial charge in [0.1, 0.15) is 35.3 Å². The molecule has 31 heavy (non-hydrogen) atoms. The van der Waals surface area contributed by atoms with E-state index in [-0.39, 0.29) is 5.75 Å². The first-order chi connectivity index (χ1) is 15.0. The highest BCUT2D eigenvalue weighted by Gasteiger charge is 2.18. The minimum Gasteiger partial charge on any atom is -0.507 e. The van der Waals surface area contributed by atoms with E-state index in [1.807, 2.05) is 62.4 Å². The summed E-state index contributed by atoms with van der Waals surface area (Å²) >= 11 is 0. The maximum absolute atomic E-state index is 10.7. The van der Waals surface area contributed by atoms with Crippen LogP contribution in [0.5, 0.6) is 28.7 Å². The third-order valence-electron chi connectivity index (χ3n) is 5.03. The molecule has 0 bridgehead atoms. The van der Waals surface area contributed by atoms with Crippen LogP contribution in [0, 0.1) is 13.8 Å². The van der Waals surface area contributed by atoms with Crippen molar-refractivity contribution in [2.24, 2.45) is 0 Å². The van der Waals surface area contributed by atoms with E-state index in [9.17, 15) is 5.11 Å². The number of aromatic nitrogens is 2. The highest BCUT2D eigenvalue weighted by Crippen LogP contribution is 2.40. The molecular weight excluding hydrogens is 392 g/mol. The van der Waals surface area contributed by atoms with Gasteiger partial charge in [0, 0.05) is 17.7 Å². The Morgan fingerprint density at radius 3 is 2.48 bits per heavy atom. The molecule has 0 saturated carbocycles. The van der Waals surface area contributed by atoms with Crippen LogP contribution in [0.3, 0.4) is 0 Å². The number of nitrogens with zero attached hydrogens (tertiary/aromatic N) is 1. The first kappa shape index (κ1) is 20.3. The number of methoxy groups -OCH3 is 1. The summed E-state index contributed by atoms with van der Waals surface area (Å²) in [5.74, 6) is 2.48. The Labute approximate surface area is 181 Å². The minimum absolute atomic E-state index is 0.0595. The molecule has 4 rings (SSSR count). The highest BCUT2D eigenvalue weighted by atomic mass is 16.5. The predicted molar refractivity (Wildman–Crippen MR) is 119 cm³/mol. The molecule has 4 aromatic rings. The van der Waals surface area contributed by atoms with Crippen molar-refractivity contribution in [1.29, 1.82) is 0 Å². The summed E-state index contributed by atoms with van der Waals surface area (Å²) < 4.78 is 17.2. The lowest BCUT2D eigenvalue weighted by atomic mass is 10.1. The summed E-state index contributed by atoms with van der Waals surface area (Å²) in [7, 11) is 1.61. The first-order valence-corrected chi connectivity index (χ1v) is 9.92. The molecule has 0 fully saturated rings. The molecule has 6 nitrogen and oxygen atoms in total. The summed E-state index contributed by atoms with van der Waals surface area (Å²) in [5, 5.41) is 17.9. The smallest absolute Gasteiger partial charge is 0.176 e. The van der Waals surface area contributed by atoms with Crippen LogP contribution in [0.1, 0.15) is 16.8 Å². The molecular formula is C25H24N2O4. The predicted octanol–water partition coefficient (Wildman–Crippen LogP) is 5.78. The first-order valence-electron chi connectivity index (χ1n) is 9.92. The third-order valence-corrected chi connectivity index (χ3v) is 5.03. The lowest BCUT2D eigenvalue weighted by Crippen LogP contribution is -1.97. The second-order valence-electron chi connectivity index (χ2n) is 7.20. The molecule has 0 radical (unpaired) electrons. The summed E-state index contributed by atoms with van der Waals surface area (Å²) in [6, 6.07) is 20.5. The molecule has 0 spiro atoms. The Morgan fingerprint density at radius 1 is 0.903 bits per heavy atom. The lowest BCUT2D eigenvalue weighted by molar-refractivity contribution is 0.303. The van der Waals surface area contributed by atoms with Gasteiger partial charge in [0.05, 0.1) is 12.8 Å². The van der Waals surface area contributed by atoms with Crippen LogP contribution >= 0.6 is 0 Å². The van der Waals surface area contributed by atoms with Crippen molar-refractivity contribution in [3.63, 3.8) is 0 Å². The van der Waals surface area contributed by atoms with E-state index < -0.39 is 0 Å². The van der Waals surface area contributed by atoms with Crippen LogP contribution in [0.4, 0.5) is 0 Å². The SMILES string of the molecule is COc1cccc(Oc2c(-c3ccc(OCc4ccccc4C)cc3O)n[nH]c2C)c1. The fourth-order valence-electron chi connectivity index (χ4n) is 3.24. The van der Waals surface area contributed by atoms with Crippen molar-refractivity contribution < 1.29 is 19.3 Å². The maximum atomic E-state index is 10.7. The number of H-pyrrole nitrogens is 1. The number of hydrogen-bond donors (Lipinski definition) is 2. The van der Waals surface area contributed by atoms with E-state index >= 15 is 0 Å². The monoisotopic (exact) mass is 416 g/mol. The van der Waals surface area contributed by atoms with Gasteiger partial charge < -0.3 is 19.3 Å². The van der Waals surface area contributed by atoms with E-state index in [1.54, 1.807) is 25.3 Å². The second kappa shape index (κ2) is 8.83. The molecule has 0 amide bonds. The second-order valence-corrected chi connectivity index (χ2v) is 7.20. The lowest BCUT2D eigenvalue weighted by Gasteiger charge is -2.12. The standard InChI is InChI=1S/C25H24N2O4/c1-16-7-4-5-8-18(16)15-30-20-11-12-22(23(28)14-20)24-25(17(2)26-27-24)31-21-10-6-9-19(13-21)29-3/h4-14,28H,15H2,1-3H3,(H,26,27). The highest BCUT2D eigenvalue weighted by molar-refractivity contribution is 5.74. The Morgan fingerprint density at radius 2 is 1.71 bits per heavy atom. The third kappa shape index (κ3) is 4.48. The van der Waals surface area contributed by atoms with Gasteiger partial charge >= 0.3 is 0 Å². The Bertz CT molecular complexity index is 1200. The molecule has 1 aromatic heterocycles. The average Bonchev–Trinajstić information content (AvgIpc) is 3.13. The average molecular weight is 416 g/mol. The number of aromatic amines is 1. The summed E-state index contributed by atoms with van der Waals surface area (Å²) in [6.45, 7) is 4.34. The number of aryl methyl sites for hydroxylation is 2. The molecule has 0 aliphatic carbocycles. The van der Waals surface area contributed by atoms with Crippen molar-refractivity contribution in [1.82, 2.24) is 10.2 Å². The molecule has 0 aliphatic rings. The van der Waals surface area contributed by atoms with Gasteiger partial charge in [0.2, 0.25) is 0 Å². The van der Waals surface area contributed by atoms with Crippen LogP contribution in [0.25, 0.3) is 11.3 Å². The van der Waals surface area contributed by atoms with Crippen molar-refractivity contribution in [2.75, 3.05) is 7.11 Å². The number of phenols is 1. The van der Waals surface area contributed by atoms with Gasteiger partial charge in [0.15, 0.2) is 5.75 Å². The Kier molecular flexibility index (Phi) is 5.80. The van der Waals surface area contributed by atoms with E-state index in [1.165, 1.54) is 0 Å². The van der Waals surface area contributed by atoms with E-state index in [0.717, 1.165) is 16.8 Å². The molecule has 2 N–H and O–H groups in total. The summed E-state index contributed by atoms with van der Waals surface area (Å²) in [4.78, 5) is 0. The van der Waals surface area contributed by atoms with E-state index in [4.69, 9.17) is 14.2 Å². The summed E-state index contributed by atoms with van der Waals surface area (Å²) in [6.07, 6.45) is 0. The molecule has 0 aliphatic heterocycles. The number of nitrogens with one attached hydrogen (secondary N) is 1. The molecule has 1 heterocycles. The maximum Gasteiger partial charge on any atom is 0.176 e. The Hall–Kier alpha value is -3.93. The van der Waals surface area contributed by atoms with E-state index in [2.05, 4.69) is 10.2 Å². The van der Waals surface area contributed by atoms with Gasteiger partial charge in [0.25, 0.3) is 0 Å². The van der Waals surface area contributed by atoms with Crippen LogP contribution in [-0.4, -0.2) is 22.4 Å². The number of ether oxygens (including phenoxy) is 3. The Balaban J connectivity index is 1.57. The number of rotatable bonds is 7. The zero-order chi connectivity index (χ0) is 21.8. The van der Waals surface area contributed by atoms with Crippen LogP contribution < -0.4 is 14.2 Å². The van der Waals surface area contributed by atoms with Crippen LogP contribution in [0.15, 0.2) is 66.7 Å². The van der Waals surface area contributed by atoms with Crippen molar-refractivity contribution in [3.8, 4) is 40.0 Å². The van der Waals surface area contributed by atoms with Gasteiger partial charge in [-0.2, -0.15) is 5.10 Å². The van der Waals surface area contributed by atoms with Crippen LogP contribution in [0.2, 0.25) is 0 Å². The van der Waals surface area contributed by atoms with Crippen molar-refractivity contribution in [3.05, 3.63) is 83.6 Å². The molecule has 0 saturated heterocycles. The number of benzene rings is 3. The molecule has 6 heteroatoms. The largest absolute Gasteiger partial charge is 0.507 e. The number of aromatic hydroxyl groups is 1. The fraction of sp³-hybridized carbons (Fsp3) is 0.160. The topological polar surface area (TPSA) is 76.6 Å². The molecule has 0 unspecified atom stereocenters. The molecule has 0 atom stereocenters. The molecule has 158 valence electrons. The minimum atomic E-state index is 0.0595. The van der Waals surface area contributed by atoms with Crippen molar-refractivity contribution >= 4 is 0 Å². The summed E-state index contributed by atoms with van der Waals surface area (Å²) in [5.41, 5.74) is 4.07. The van der Waals surface area contributed by atoms with Crippen LogP contribution in [-0.2, 0) is 6.61 Å². The van der Waals surface area contributed by atoms with E-state index in [0.29, 0.717) is 40.9 Å². The van der Waals surface area contributed by atoms with Gasteiger partial charge in [-0.1, -0.05) is 30.3 Å². The fourth-order valence-corrected chi connectivity index (χ4v) is 3.24. The zero-order valence-electron chi connectivity index (χ0n) is 17.7. The van der Waals surface area contributed by atoms with Crippen molar-refractivity contribution in [2.45, 2.75) is 20.5 Å². The quantitative estimate of drug-likeness (QED) is 0.399. The molecule has 3 aromatic carbocycles. The zero-order valence-corrected chi connectivity index (χ0v) is 17.7. The van der Waals surface area contributed by atoms with Gasteiger partial charge in [-0.15, -0.1) is 0 Å². The van der Waals surface area contributed by atoms with Gasteiger partial charge in [-0.3, -0.25) is 5.10 Å². The van der Waals surface area contributed by atoms with Gasteiger partial charge in [-0.25, -0.2) is 0 Å². The van der Waals surface area contributed by atoms with Gasteiger partial charge in [-0.05, 0) is 49.2 Å².